The van der Waals surface area contributed by atoms with Crippen molar-refractivity contribution < 1.29 is 36.3 Å². The second-order valence-corrected chi connectivity index (χ2v) is 8.52. The average molecular weight is 430 g/mol. The predicted molar refractivity (Wildman–Crippen MR) is 109 cm³/mol. The van der Waals surface area contributed by atoms with Gasteiger partial charge in [-0.2, -0.15) is 0 Å². The number of esters is 1. The molecule has 2 aliphatic heterocycles. The first-order valence-electron chi connectivity index (χ1n) is 10.3. The molecule has 2 aromatic rings. The van der Waals surface area contributed by atoms with Crippen LogP contribution in [0.25, 0.3) is 0 Å². The predicted octanol–water partition coefficient (Wildman–Crippen LogP) is 0.290. The Bertz CT molecular complexity index is 859. The molecule has 0 amide bonds. The van der Waals surface area contributed by atoms with Crippen molar-refractivity contribution in [3.63, 3.8) is 0 Å². The van der Waals surface area contributed by atoms with Crippen LogP contribution in [0.2, 0.25) is 0 Å². The van der Waals surface area contributed by atoms with Crippen LogP contribution in [-0.2, 0) is 9.53 Å². The largest absolute Gasteiger partial charge is 1.00 e. The summed E-state index contributed by atoms with van der Waals surface area (Å²) in [5, 5.41) is 10.3. The van der Waals surface area contributed by atoms with Crippen LogP contribution in [0, 0.1) is 0 Å². The highest BCUT2D eigenvalue weighted by atomic mass is 35.5. The van der Waals surface area contributed by atoms with E-state index in [1.54, 1.807) is 24.3 Å². The zero-order valence-corrected chi connectivity index (χ0v) is 17.9. The normalized spacial score (nSPS) is 28.3. The van der Waals surface area contributed by atoms with Crippen LogP contribution in [0.5, 0.6) is 0 Å². The maximum absolute atomic E-state index is 12.8. The lowest BCUT2D eigenvalue weighted by molar-refractivity contribution is -0.941. The summed E-state index contributed by atoms with van der Waals surface area (Å²) >= 11 is 0. The van der Waals surface area contributed by atoms with Gasteiger partial charge in [-0.15, -0.1) is 0 Å². The summed E-state index contributed by atoms with van der Waals surface area (Å²) in [7, 11) is 2.17. The highest BCUT2D eigenvalue weighted by molar-refractivity contribution is 5.97. The SMILES string of the molecule is C[N+]1(CC(=O)c2ccccc2)[C@@H]2CC[C@H]1CC(OC(=O)C(O)c1ccccc1)C2.[Cl-]. The zero-order chi connectivity index (χ0) is 20.4. The third-order valence-corrected chi connectivity index (χ3v) is 6.77. The van der Waals surface area contributed by atoms with Gasteiger partial charge in [-0.25, -0.2) is 4.79 Å². The summed E-state index contributed by atoms with van der Waals surface area (Å²) in [6.45, 7) is 0.479. The van der Waals surface area contributed by atoms with Gasteiger partial charge in [-0.3, -0.25) is 4.79 Å². The van der Waals surface area contributed by atoms with E-state index < -0.39 is 12.1 Å². The number of benzene rings is 2. The molecule has 0 aliphatic carbocycles. The van der Waals surface area contributed by atoms with Crippen LogP contribution in [-0.4, -0.2) is 53.1 Å². The summed E-state index contributed by atoms with van der Waals surface area (Å²) in [5.74, 6) is -0.419. The van der Waals surface area contributed by atoms with E-state index in [0.29, 0.717) is 24.2 Å². The number of aliphatic hydroxyl groups excluding tert-OH is 1. The number of carbonyl (C=O) groups is 2. The van der Waals surface area contributed by atoms with Crippen LogP contribution in [0.4, 0.5) is 0 Å². The van der Waals surface area contributed by atoms with Crippen LogP contribution < -0.4 is 12.4 Å². The van der Waals surface area contributed by atoms with Crippen molar-refractivity contribution in [1.29, 1.82) is 0 Å². The summed E-state index contributed by atoms with van der Waals surface area (Å²) in [5.41, 5.74) is 1.30. The van der Waals surface area contributed by atoms with Crippen LogP contribution >= 0.6 is 0 Å². The minimum Gasteiger partial charge on any atom is -1.00 e. The zero-order valence-electron chi connectivity index (χ0n) is 17.1. The lowest BCUT2D eigenvalue weighted by Crippen LogP contribution is -3.00. The fourth-order valence-corrected chi connectivity index (χ4v) is 5.07. The number of hydrogen-bond acceptors (Lipinski definition) is 4. The number of rotatable bonds is 6. The molecule has 1 N–H and O–H groups in total. The number of aliphatic hydroxyl groups is 1. The van der Waals surface area contributed by atoms with Crippen molar-refractivity contribution in [1.82, 2.24) is 0 Å². The van der Waals surface area contributed by atoms with Gasteiger partial charge in [0.1, 0.15) is 12.6 Å². The van der Waals surface area contributed by atoms with E-state index >= 15 is 0 Å². The summed E-state index contributed by atoms with van der Waals surface area (Å²) in [6.07, 6.45) is 2.11. The van der Waals surface area contributed by atoms with Crippen LogP contribution in [0.15, 0.2) is 60.7 Å². The van der Waals surface area contributed by atoms with E-state index in [4.69, 9.17) is 4.74 Å². The Morgan fingerprint density at radius 1 is 1.00 bits per heavy atom. The molecule has 2 bridgehead atoms. The number of Topliss-reactive ketones (excluding diaryl/α,β-unsaturated/α-hetero) is 1. The fourth-order valence-electron chi connectivity index (χ4n) is 5.07. The molecule has 0 spiro atoms. The lowest BCUT2D eigenvalue weighted by atomic mass is 9.95. The van der Waals surface area contributed by atoms with Crippen molar-refractivity contribution in [3.8, 4) is 0 Å². The number of ketones is 1. The molecule has 160 valence electrons. The van der Waals surface area contributed by atoms with E-state index in [-0.39, 0.29) is 24.3 Å². The van der Waals surface area contributed by atoms with Crippen molar-refractivity contribution in [2.75, 3.05) is 13.6 Å². The maximum atomic E-state index is 12.8. The number of fused-ring (bicyclic) bond motifs is 2. The summed E-state index contributed by atoms with van der Waals surface area (Å²) in [6, 6.07) is 18.9. The van der Waals surface area contributed by atoms with Gasteiger partial charge in [0.15, 0.2) is 6.10 Å². The van der Waals surface area contributed by atoms with Gasteiger partial charge in [-0.05, 0) is 5.56 Å². The Hall–Kier alpha value is -2.21. The standard InChI is InChI=1S/C24H28NO4.ClH/c1-25(16-22(26)17-8-4-2-5-9-17)19-12-13-20(25)15-21(14-19)29-24(28)23(27)18-10-6-3-7-11-18;/h2-11,19-21,23,27H,12-16H2,1H3;1H/q+1;/p-1/t19-,20+,21?,23?,25?;. The highest BCUT2D eigenvalue weighted by Crippen LogP contribution is 2.42. The van der Waals surface area contributed by atoms with Crippen molar-refractivity contribution in [2.45, 2.75) is 50.0 Å². The van der Waals surface area contributed by atoms with Gasteiger partial charge in [0.05, 0.1) is 19.1 Å². The number of halogens is 1. The van der Waals surface area contributed by atoms with E-state index in [2.05, 4.69) is 7.05 Å². The molecule has 5 atom stereocenters. The summed E-state index contributed by atoms with van der Waals surface area (Å²) in [4.78, 5) is 25.2. The molecule has 2 saturated heterocycles. The lowest BCUT2D eigenvalue weighted by Gasteiger charge is -2.46. The van der Waals surface area contributed by atoms with Gasteiger partial charge < -0.3 is 26.7 Å². The van der Waals surface area contributed by atoms with E-state index in [9.17, 15) is 14.7 Å². The maximum Gasteiger partial charge on any atom is 0.339 e. The van der Waals surface area contributed by atoms with E-state index in [1.807, 2.05) is 36.4 Å². The van der Waals surface area contributed by atoms with Crippen molar-refractivity contribution in [3.05, 3.63) is 71.8 Å². The Labute approximate surface area is 183 Å². The third kappa shape index (κ3) is 4.43. The number of ether oxygens (including phenoxy) is 1. The minimum absolute atomic E-state index is 0. The molecule has 0 saturated carbocycles. The number of quaternary nitrogens is 1. The number of nitrogens with zero attached hydrogens (tertiary/aromatic N) is 1. The Kier molecular flexibility index (Phi) is 6.96. The first-order chi connectivity index (χ1) is 14.0. The average Bonchev–Trinajstić information content (AvgIpc) is 2.91. The van der Waals surface area contributed by atoms with Crippen molar-refractivity contribution in [2.24, 2.45) is 0 Å². The first kappa shape index (κ1) is 22.5. The van der Waals surface area contributed by atoms with Gasteiger partial charge in [0.25, 0.3) is 0 Å². The molecular weight excluding hydrogens is 402 g/mol. The molecule has 3 unspecified atom stereocenters. The van der Waals surface area contributed by atoms with Crippen LogP contribution in [0.3, 0.4) is 0 Å². The molecule has 6 heteroatoms. The van der Waals surface area contributed by atoms with Crippen molar-refractivity contribution >= 4 is 11.8 Å². The van der Waals surface area contributed by atoms with Gasteiger partial charge in [0, 0.05) is 31.2 Å². The molecule has 2 fully saturated rings. The second kappa shape index (κ2) is 9.29. The Morgan fingerprint density at radius 3 is 2.10 bits per heavy atom. The molecule has 0 aromatic heterocycles. The molecule has 30 heavy (non-hydrogen) atoms. The number of carbonyl (C=O) groups excluding carboxylic acids is 2. The monoisotopic (exact) mass is 429 g/mol. The van der Waals surface area contributed by atoms with Gasteiger partial charge in [-0.1, -0.05) is 60.7 Å². The van der Waals surface area contributed by atoms with Crippen LogP contribution in [0.1, 0.15) is 47.7 Å². The molecule has 2 aromatic carbocycles. The van der Waals surface area contributed by atoms with Gasteiger partial charge in [0.2, 0.25) is 5.78 Å². The smallest absolute Gasteiger partial charge is 0.339 e. The topological polar surface area (TPSA) is 63.6 Å². The molecular formula is C24H28ClNO4. The minimum atomic E-state index is -1.25. The third-order valence-electron chi connectivity index (χ3n) is 6.77. The molecule has 0 radical (unpaired) electrons. The Balaban J connectivity index is 0.00000256. The number of piperidine rings is 1. The second-order valence-electron chi connectivity index (χ2n) is 8.52. The molecule has 4 rings (SSSR count). The molecule has 2 aliphatic rings. The number of hydrogen-bond donors (Lipinski definition) is 1. The van der Waals surface area contributed by atoms with E-state index in [1.165, 1.54) is 0 Å². The molecule has 2 heterocycles. The first-order valence-corrected chi connectivity index (χ1v) is 10.3. The Morgan fingerprint density at radius 2 is 1.53 bits per heavy atom. The fraction of sp³-hybridized carbons (Fsp3) is 0.417. The molecule has 5 nitrogen and oxygen atoms in total. The van der Waals surface area contributed by atoms with Gasteiger partial charge >= 0.3 is 5.97 Å². The van der Waals surface area contributed by atoms with E-state index in [0.717, 1.165) is 35.7 Å². The quantitative estimate of drug-likeness (QED) is 0.407. The highest BCUT2D eigenvalue weighted by Gasteiger charge is 2.53. The summed E-state index contributed by atoms with van der Waals surface area (Å²) < 4.78 is 6.41. The number of likely N-dealkylation sites (N-methyl/N-ethyl adjacent to an activating group) is 1.